The fourth-order valence-electron chi connectivity index (χ4n) is 4.51. The molecule has 0 unspecified atom stereocenters. The lowest BCUT2D eigenvalue weighted by Gasteiger charge is -2.46. The molecule has 3 N–H and O–H groups in total. The van der Waals surface area contributed by atoms with Crippen LogP contribution in [0.5, 0.6) is 5.75 Å². The molecule has 6 heteroatoms. The van der Waals surface area contributed by atoms with E-state index in [1.54, 1.807) is 23.1 Å². The van der Waals surface area contributed by atoms with Crippen LogP contribution in [0.25, 0.3) is 0 Å². The first-order valence-electron chi connectivity index (χ1n) is 10.3. The van der Waals surface area contributed by atoms with Crippen molar-refractivity contribution in [3.63, 3.8) is 0 Å². The van der Waals surface area contributed by atoms with E-state index < -0.39 is 6.03 Å². The fourth-order valence-corrected chi connectivity index (χ4v) is 4.51. The first kappa shape index (κ1) is 21.7. The molecule has 1 aliphatic carbocycles. The highest BCUT2D eigenvalue weighted by molar-refractivity contribution is 5.92. The molecule has 1 aliphatic rings. The van der Waals surface area contributed by atoms with Crippen LogP contribution in [-0.4, -0.2) is 26.7 Å². The summed E-state index contributed by atoms with van der Waals surface area (Å²) in [6, 6.07) is 17.2. The van der Waals surface area contributed by atoms with E-state index in [1.807, 2.05) is 13.1 Å². The maximum absolute atomic E-state index is 12.4. The topological polar surface area (TPSA) is 91.4 Å². The molecule has 0 atom stereocenters. The molecule has 0 heterocycles. The highest BCUT2D eigenvalue weighted by atomic mass is 16.5. The molecule has 1 saturated carbocycles. The Morgan fingerprint density at radius 1 is 1.20 bits per heavy atom. The number of carbonyl (C=O) groups is 1. The first-order chi connectivity index (χ1) is 14.4. The Labute approximate surface area is 178 Å². The lowest BCUT2D eigenvalue weighted by Crippen LogP contribution is -2.50. The molecule has 0 aromatic heterocycles. The predicted molar refractivity (Wildman–Crippen MR) is 118 cm³/mol. The van der Waals surface area contributed by atoms with E-state index >= 15 is 0 Å². The summed E-state index contributed by atoms with van der Waals surface area (Å²) in [6.45, 7) is 2.71. The molecule has 0 aliphatic heterocycles. The van der Waals surface area contributed by atoms with E-state index in [2.05, 4.69) is 42.6 Å². The van der Waals surface area contributed by atoms with Gasteiger partial charge < -0.3 is 15.8 Å². The molecule has 0 spiro atoms. The number of anilines is 1. The van der Waals surface area contributed by atoms with Gasteiger partial charge in [0.25, 0.3) is 0 Å². The van der Waals surface area contributed by atoms with E-state index in [0.717, 1.165) is 25.7 Å². The SMILES string of the molecule is CNC1(c2ccccc2)CCC(C)(CN(C(N)=O)c2ccc(C#N)cc2OC)CC1. The molecule has 6 nitrogen and oxygen atoms in total. The zero-order valence-corrected chi connectivity index (χ0v) is 17.9. The van der Waals surface area contributed by atoms with Crippen molar-refractivity contribution in [1.29, 1.82) is 5.26 Å². The zero-order chi connectivity index (χ0) is 21.8. The summed E-state index contributed by atoms with van der Waals surface area (Å²) in [5.41, 5.74) is 8.01. The maximum Gasteiger partial charge on any atom is 0.319 e. The standard InChI is InChI=1S/C24H30N4O2/c1-23(11-13-24(27-2,14-12-23)19-7-5-4-6-8-19)17-28(22(26)29)20-10-9-18(16-25)15-21(20)30-3/h4-10,15,27H,11-14,17H2,1-3H3,(H2,26,29). The number of carbonyl (C=O) groups excluding carboxylic acids is 1. The van der Waals surface area contributed by atoms with Gasteiger partial charge in [-0.25, -0.2) is 4.79 Å². The first-order valence-corrected chi connectivity index (χ1v) is 10.3. The summed E-state index contributed by atoms with van der Waals surface area (Å²) >= 11 is 0. The van der Waals surface area contributed by atoms with E-state index in [0.29, 0.717) is 23.5 Å². The third kappa shape index (κ3) is 4.27. The van der Waals surface area contributed by atoms with Gasteiger partial charge in [-0.05, 0) is 55.8 Å². The number of benzene rings is 2. The normalized spacial score (nSPS) is 23.4. The van der Waals surface area contributed by atoms with Crippen LogP contribution in [0, 0.1) is 16.7 Å². The molecule has 3 rings (SSSR count). The Morgan fingerprint density at radius 3 is 2.40 bits per heavy atom. The van der Waals surface area contributed by atoms with E-state index in [9.17, 15) is 4.79 Å². The van der Waals surface area contributed by atoms with Gasteiger partial charge in [-0.2, -0.15) is 5.26 Å². The molecule has 2 aromatic carbocycles. The molecule has 0 saturated heterocycles. The van der Waals surface area contributed by atoms with Crippen molar-refractivity contribution >= 4 is 11.7 Å². The molecule has 0 bridgehead atoms. The molecule has 0 radical (unpaired) electrons. The average molecular weight is 407 g/mol. The number of ether oxygens (including phenoxy) is 1. The number of amides is 2. The van der Waals surface area contributed by atoms with Gasteiger partial charge >= 0.3 is 6.03 Å². The fraction of sp³-hybridized carbons (Fsp3) is 0.417. The van der Waals surface area contributed by atoms with Crippen LogP contribution in [0.4, 0.5) is 10.5 Å². The second-order valence-corrected chi connectivity index (χ2v) is 8.43. The Hall–Kier alpha value is -3.04. The quantitative estimate of drug-likeness (QED) is 0.754. The number of rotatable bonds is 6. The zero-order valence-electron chi connectivity index (χ0n) is 17.9. The maximum atomic E-state index is 12.4. The van der Waals surface area contributed by atoms with Crippen molar-refractivity contribution in [1.82, 2.24) is 5.32 Å². The number of nitrogens with two attached hydrogens (primary N) is 1. The number of nitrogens with zero attached hydrogens (tertiary/aromatic N) is 2. The third-order valence-electron chi connectivity index (χ3n) is 6.52. The monoisotopic (exact) mass is 406 g/mol. The lowest BCUT2D eigenvalue weighted by atomic mass is 9.66. The number of nitrogens with one attached hydrogen (secondary N) is 1. The van der Waals surface area contributed by atoms with Crippen molar-refractivity contribution in [2.75, 3.05) is 25.6 Å². The molecule has 30 heavy (non-hydrogen) atoms. The molecule has 1 fully saturated rings. The summed E-state index contributed by atoms with van der Waals surface area (Å²) in [5.74, 6) is 0.473. The van der Waals surface area contributed by atoms with Crippen molar-refractivity contribution in [2.24, 2.45) is 11.1 Å². The Morgan fingerprint density at radius 2 is 1.87 bits per heavy atom. The summed E-state index contributed by atoms with van der Waals surface area (Å²) in [6.07, 6.45) is 3.85. The Bertz CT molecular complexity index is 928. The molecule has 158 valence electrons. The molecular formula is C24H30N4O2. The van der Waals surface area contributed by atoms with E-state index in [4.69, 9.17) is 15.7 Å². The van der Waals surface area contributed by atoms with E-state index in [-0.39, 0.29) is 11.0 Å². The van der Waals surface area contributed by atoms with Crippen molar-refractivity contribution in [3.05, 3.63) is 59.7 Å². The minimum Gasteiger partial charge on any atom is -0.495 e. The van der Waals surface area contributed by atoms with Crippen LogP contribution in [-0.2, 0) is 5.54 Å². The number of urea groups is 1. The van der Waals surface area contributed by atoms with Gasteiger partial charge in [0, 0.05) is 18.2 Å². The number of hydrogen-bond acceptors (Lipinski definition) is 4. The second-order valence-electron chi connectivity index (χ2n) is 8.43. The van der Waals surface area contributed by atoms with Gasteiger partial charge in [0.2, 0.25) is 0 Å². The smallest absolute Gasteiger partial charge is 0.319 e. The van der Waals surface area contributed by atoms with Gasteiger partial charge in [0.05, 0.1) is 24.4 Å². The van der Waals surface area contributed by atoms with E-state index in [1.165, 1.54) is 12.7 Å². The Kier molecular flexibility index (Phi) is 6.33. The molecular weight excluding hydrogens is 376 g/mol. The summed E-state index contributed by atoms with van der Waals surface area (Å²) in [5, 5.41) is 12.7. The minimum atomic E-state index is -0.521. The predicted octanol–water partition coefficient (Wildman–Crippen LogP) is 4.15. The second kappa shape index (κ2) is 8.76. The van der Waals surface area contributed by atoms with Crippen LogP contribution in [0.2, 0.25) is 0 Å². The van der Waals surface area contributed by atoms with Crippen LogP contribution in [0.1, 0.15) is 43.7 Å². The van der Waals surface area contributed by atoms with Crippen molar-refractivity contribution < 1.29 is 9.53 Å². The van der Waals surface area contributed by atoms with Crippen LogP contribution in [0.15, 0.2) is 48.5 Å². The summed E-state index contributed by atoms with van der Waals surface area (Å²) in [7, 11) is 3.55. The highest BCUT2D eigenvalue weighted by Gasteiger charge is 2.42. The lowest BCUT2D eigenvalue weighted by molar-refractivity contribution is 0.130. The molecule has 2 aromatic rings. The third-order valence-corrected chi connectivity index (χ3v) is 6.52. The number of hydrogen-bond donors (Lipinski definition) is 2. The van der Waals surface area contributed by atoms with Gasteiger partial charge in [-0.15, -0.1) is 0 Å². The highest BCUT2D eigenvalue weighted by Crippen LogP contribution is 2.46. The van der Waals surface area contributed by atoms with Crippen LogP contribution >= 0.6 is 0 Å². The number of primary amides is 1. The summed E-state index contributed by atoms with van der Waals surface area (Å²) in [4.78, 5) is 13.9. The van der Waals surface area contributed by atoms with Crippen LogP contribution in [0.3, 0.4) is 0 Å². The van der Waals surface area contributed by atoms with Gasteiger partial charge in [-0.1, -0.05) is 37.3 Å². The number of nitriles is 1. The average Bonchev–Trinajstić information content (AvgIpc) is 2.78. The van der Waals surface area contributed by atoms with Crippen molar-refractivity contribution in [3.8, 4) is 11.8 Å². The van der Waals surface area contributed by atoms with Gasteiger partial charge in [-0.3, -0.25) is 4.90 Å². The largest absolute Gasteiger partial charge is 0.495 e. The number of methoxy groups -OCH3 is 1. The van der Waals surface area contributed by atoms with Gasteiger partial charge in [0.1, 0.15) is 5.75 Å². The van der Waals surface area contributed by atoms with Gasteiger partial charge in [0.15, 0.2) is 0 Å². The minimum absolute atomic E-state index is 0.0511. The van der Waals surface area contributed by atoms with Crippen LogP contribution < -0.4 is 20.7 Å². The molecule has 2 amide bonds. The Balaban J connectivity index is 1.82. The van der Waals surface area contributed by atoms with Crippen molar-refractivity contribution in [2.45, 2.75) is 38.1 Å². The summed E-state index contributed by atoms with van der Waals surface area (Å²) < 4.78 is 5.44.